The van der Waals surface area contributed by atoms with Gasteiger partial charge in [-0.05, 0) is 43.5 Å². The summed E-state index contributed by atoms with van der Waals surface area (Å²) >= 11 is 0. The summed E-state index contributed by atoms with van der Waals surface area (Å²) in [7, 11) is 3.16. The van der Waals surface area contributed by atoms with Gasteiger partial charge in [-0.2, -0.15) is 0 Å². The number of para-hydroxylation sites is 1. The molecule has 0 bridgehead atoms. The normalized spacial score (nSPS) is 14.8. The van der Waals surface area contributed by atoms with Crippen LogP contribution in [0.5, 0.6) is 11.5 Å². The largest absolute Gasteiger partial charge is 0.497 e. The van der Waals surface area contributed by atoms with Crippen LogP contribution in [0.3, 0.4) is 0 Å². The number of aryl methyl sites for hydroxylation is 1. The summed E-state index contributed by atoms with van der Waals surface area (Å²) in [5.41, 5.74) is 4.23. The highest BCUT2D eigenvalue weighted by Crippen LogP contribution is 2.51. The van der Waals surface area contributed by atoms with E-state index >= 15 is 0 Å². The van der Waals surface area contributed by atoms with Crippen LogP contribution in [0.4, 0.5) is 0 Å². The minimum Gasteiger partial charge on any atom is -0.497 e. The first kappa shape index (κ1) is 17.5. The summed E-state index contributed by atoms with van der Waals surface area (Å²) in [6, 6.07) is 13.6. The van der Waals surface area contributed by atoms with E-state index in [1.54, 1.807) is 32.4 Å². The molecule has 27 heavy (non-hydrogen) atoms. The van der Waals surface area contributed by atoms with Crippen molar-refractivity contribution >= 4 is 16.8 Å². The quantitative estimate of drug-likeness (QED) is 0.696. The van der Waals surface area contributed by atoms with Crippen molar-refractivity contribution in [3.8, 4) is 11.5 Å². The van der Waals surface area contributed by atoms with Gasteiger partial charge in [-0.1, -0.05) is 18.2 Å². The third kappa shape index (κ3) is 3.14. The molecule has 140 valence electrons. The molecule has 1 aliphatic carbocycles. The Bertz CT molecular complexity index is 980. The maximum Gasteiger partial charge on any atom is 0.251 e. The standard InChI is InChI=1S/C22H24N2O3/c1-14-20(18-6-4-5-7-19(18)24-14)22(8-9-22)13-23-21(25)15-10-16(26-2)12-17(11-15)27-3/h4-7,10-12,24H,8-9,13H2,1-3H3,(H,23,25). The van der Waals surface area contributed by atoms with Gasteiger partial charge in [0.05, 0.1) is 14.2 Å². The number of aromatic amines is 1. The van der Waals surface area contributed by atoms with Gasteiger partial charge in [0.2, 0.25) is 0 Å². The van der Waals surface area contributed by atoms with Crippen molar-refractivity contribution in [1.82, 2.24) is 10.3 Å². The first-order chi connectivity index (χ1) is 13.1. The van der Waals surface area contributed by atoms with Gasteiger partial charge >= 0.3 is 0 Å². The van der Waals surface area contributed by atoms with E-state index in [4.69, 9.17) is 9.47 Å². The number of fused-ring (bicyclic) bond motifs is 1. The Kier molecular flexibility index (Phi) is 4.30. The van der Waals surface area contributed by atoms with Gasteiger partial charge in [-0.3, -0.25) is 4.79 Å². The van der Waals surface area contributed by atoms with Crippen LogP contribution in [-0.2, 0) is 5.41 Å². The highest BCUT2D eigenvalue weighted by Gasteiger charge is 2.46. The number of H-pyrrole nitrogens is 1. The highest BCUT2D eigenvalue weighted by atomic mass is 16.5. The number of carbonyl (C=O) groups is 1. The maximum atomic E-state index is 12.7. The smallest absolute Gasteiger partial charge is 0.251 e. The molecule has 0 radical (unpaired) electrons. The van der Waals surface area contributed by atoms with E-state index in [9.17, 15) is 4.79 Å². The van der Waals surface area contributed by atoms with Crippen LogP contribution in [0.25, 0.3) is 10.9 Å². The molecule has 2 N–H and O–H groups in total. The summed E-state index contributed by atoms with van der Waals surface area (Å²) < 4.78 is 10.5. The first-order valence-corrected chi connectivity index (χ1v) is 9.15. The van der Waals surface area contributed by atoms with Crippen molar-refractivity contribution in [3.63, 3.8) is 0 Å². The van der Waals surface area contributed by atoms with E-state index < -0.39 is 0 Å². The summed E-state index contributed by atoms with van der Waals surface area (Å²) in [5, 5.41) is 4.38. The van der Waals surface area contributed by atoms with Gasteiger partial charge in [0.15, 0.2) is 0 Å². The number of benzene rings is 2. The Hall–Kier alpha value is -2.95. The van der Waals surface area contributed by atoms with Crippen LogP contribution >= 0.6 is 0 Å². The number of methoxy groups -OCH3 is 2. The van der Waals surface area contributed by atoms with E-state index in [-0.39, 0.29) is 11.3 Å². The zero-order valence-corrected chi connectivity index (χ0v) is 15.9. The molecule has 0 aliphatic heterocycles. The molecule has 4 rings (SSSR count). The molecule has 1 saturated carbocycles. The Morgan fingerprint density at radius 3 is 2.41 bits per heavy atom. The van der Waals surface area contributed by atoms with Crippen molar-refractivity contribution in [2.45, 2.75) is 25.2 Å². The number of hydrogen-bond donors (Lipinski definition) is 2. The summed E-state index contributed by atoms with van der Waals surface area (Å²) in [5.74, 6) is 1.09. The molecule has 0 spiro atoms. The molecule has 2 aromatic carbocycles. The Balaban J connectivity index is 1.56. The van der Waals surface area contributed by atoms with Gasteiger partial charge < -0.3 is 19.8 Å². The second-order valence-electron chi connectivity index (χ2n) is 7.23. The monoisotopic (exact) mass is 364 g/mol. The van der Waals surface area contributed by atoms with E-state index in [0.717, 1.165) is 18.4 Å². The number of ether oxygens (including phenoxy) is 2. The number of hydrogen-bond acceptors (Lipinski definition) is 3. The fraction of sp³-hybridized carbons (Fsp3) is 0.318. The van der Waals surface area contributed by atoms with Crippen LogP contribution < -0.4 is 14.8 Å². The molecule has 1 aromatic heterocycles. The summed E-state index contributed by atoms with van der Waals surface area (Å²) in [6.45, 7) is 2.73. The maximum absolute atomic E-state index is 12.7. The molecule has 1 aliphatic rings. The molecular weight excluding hydrogens is 340 g/mol. The van der Waals surface area contributed by atoms with Gasteiger partial charge in [0, 0.05) is 40.2 Å². The molecule has 3 aromatic rings. The predicted octanol–water partition coefficient (Wildman–Crippen LogP) is 3.96. The lowest BCUT2D eigenvalue weighted by molar-refractivity contribution is 0.0949. The highest BCUT2D eigenvalue weighted by molar-refractivity contribution is 5.95. The first-order valence-electron chi connectivity index (χ1n) is 9.15. The van der Waals surface area contributed by atoms with E-state index in [0.29, 0.717) is 23.6 Å². The Morgan fingerprint density at radius 2 is 1.78 bits per heavy atom. The van der Waals surface area contributed by atoms with Crippen LogP contribution in [0.1, 0.15) is 34.5 Å². The molecule has 1 heterocycles. The minimum atomic E-state index is -0.115. The van der Waals surface area contributed by atoms with E-state index in [2.05, 4.69) is 35.4 Å². The Labute approximate surface area is 158 Å². The number of carbonyl (C=O) groups excluding carboxylic acids is 1. The zero-order chi connectivity index (χ0) is 19.0. The Morgan fingerprint density at radius 1 is 1.11 bits per heavy atom. The lowest BCUT2D eigenvalue weighted by Crippen LogP contribution is -2.32. The average Bonchev–Trinajstić information content (AvgIpc) is 3.39. The van der Waals surface area contributed by atoms with Crippen LogP contribution in [0.15, 0.2) is 42.5 Å². The van der Waals surface area contributed by atoms with Crippen LogP contribution in [0.2, 0.25) is 0 Å². The summed E-state index contributed by atoms with van der Waals surface area (Å²) in [4.78, 5) is 16.2. The predicted molar refractivity (Wildman–Crippen MR) is 106 cm³/mol. The lowest BCUT2D eigenvalue weighted by atomic mass is 9.93. The zero-order valence-electron chi connectivity index (χ0n) is 15.9. The van der Waals surface area contributed by atoms with Crippen molar-refractivity contribution in [2.75, 3.05) is 20.8 Å². The number of amides is 1. The average molecular weight is 364 g/mol. The molecule has 0 unspecified atom stereocenters. The van der Waals surface area contributed by atoms with Crippen molar-refractivity contribution in [2.24, 2.45) is 0 Å². The third-order valence-corrected chi connectivity index (χ3v) is 5.48. The molecule has 1 amide bonds. The minimum absolute atomic E-state index is 0.0162. The fourth-order valence-electron chi connectivity index (χ4n) is 3.92. The number of rotatable bonds is 6. The van der Waals surface area contributed by atoms with Crippen molar-refractivity contribution in [1.29, 1.82) is 0 Å². The third-order valence-electron chi connectivity index (χ3n) is 5.48. The lowest BCUT2D eigenvalue weighted by Gasteiger charge is -2.18. The van der Waals surface area contributed by atoms with Crippen molar-refractivity contribution in [3.05, 3.63) is 59.3 Å². The van der Waals surface area contributed by atoms with Crippen LogP contribution in [-0.4, -0.2) is 31.7 Å². The van der Waals surface area contributed by atoms with Crippen molar-refractivity contribution < 1.29 is 14.3 Å². The van der Waals surface area contributed by atoms with Gasteiger partial charge in [0.25, 0.3) is 5.91 Å². The second-order valence-corrected chi connectivity index (χ2v) is 7.23. The molecule has 5 nitrogen and oxygen atoms in total. The van der Waals surface area contributed by atoms with E-state index in [1.807, 2.05) is 6.07 Å². The van der Waals surface area contributed by atoms with Gasteiger partial charge in [-0.25, -0.2) is 0 Å². The second kappa shape index (κ2) is 6.65. The number of aromatic nitrogens is 1. The van der Waals surface area contributed by atoms with Crippen LogP contribution in [0, 0.1) is 6.92 Å². The molecule has 0 saturated heterocycles. The van der Waals surface area contributed by atoms with E-state index in [1.165, 1.54) is 16.6 Å². The molecule has 5 heteroatoms. The van der Waals surface area contributed by atoms with Gasteiger partial charge in [0.1, 0.15) is 11.5 Å². The van der Waals surface area contributed by atoms with Gasteiger partial charge in [-0.15, -0.1) is 0 Å². The SMILES string of the molecule is COc1cc(OC)cc(C(=O)NCC2(c3c(C)[nH]c4ccccc34)CC2)c1. The summed E-state index contributed by atoms with van der Waals surface area (Å²) in [6.07, 6.45) is 2.16. The molecule has 0 atom stereocenters. The molecule has 1 fully saturated rings. The topological polar surface area (TPSA) is 63.4 Å². The molecular formula is C22H24N2O3. The number of nitrogens with one attached hydrogen (secondary N) is 2. The fourth-order valence-corrected chi connectivity index (χ4v) is 3.92.